The zero-order valence-electron chi connectivity index (χ0n) is 9.68. The van der Waals surface area contributed by atoms with Gasteiger partial charge in [0, 0.05) is 10.7 Å². The van der Waals surface area contributed by atoms with Crippen LogP contribution in [0.15, 0.2) is 52.0 Å². The molecule has 0 aliphatic heterocycles. The molecule has 0 unspecified atom stereocenters. The normalized spacial score (nSPS) is 11.5. The summed E-state index contributed by atoms with van der Waals surface area (Å²) in [7, 11) is -3.58. The van der Waals surface area contributed by atoms with Gasteiger partial charge in [-0.1, -0.05) is 17.7 Å². The summed E-state index contributed by atoms with van der Waals surface area (Å²) >= 11 is 9.03. The van der Waals surface area contributed by atoms with Crippen LogP contribution in [0.5, 0.6) is 0 Å². The molecule has 2 rings (SSSR count). The van der Waals surface area contributed by atoms with Gasteiger partial charge in [0.2, 0.25) is 10.0 Å². The second-order valence-electron chi connectivity index (χ2n) is 3.72. The third-order valence-electron chi connectivity index (χ3n) is 2.37. The number of benzene rings is 1. The van der Waals surface area contributed by atoms with E-state index >= 15 is 0 Å². The Morgan fingerprint density at radius 1 is 1.26 bits per heavy atom. The van der Waals surface area contributed by atoms with E-state index in [1.807, 2.05) is 0 Å². The maximum atomic E-state index is 12.1. The smallest absolute Gasteiger partial charge is 0.240 e. The fourth-order valence-corrected chi connectivity index (χ4v) is 3.07. The highest BCUT2D eigenvalue weighted by atomic mass is 79.9. The van der Waals surface area contributed by atoms with Gasteiger partial charge in [-0.25, -0.2) is 13.1 Å². The molecule has 0 radical (unpaired) electrons. The molecule has 0 aliphatic carbocycles. The summed E-state index contributed by atoms with van der Waals surface area (Å²) in [5.41, 5.74) is 0.652. The molecule has 1 heterocycles. The van der Waals surface area contributed by atoms with E-state index in [1.54, 1.807) is 24.4 Å². The predicted octanol–water partition coefficient (Wildman–Crippen LogP) is 2.98. The molecule has 7 heteroatoms. The van der Waals surface area contributed by atoms with Crippen molar-refractivity contribution in [1.82, 2.24) is 9.71 Å². The fraction of sp³-hybridized carbons (Fsp3) is 0.0833. The molecule has 0 fully saturated rings. The van der Waals surface area contributed by atoms with Crippen LogP contribution in [-0.2, 0) is 16.6 Å². The minimum absolute atomic E-state index is 0.142. The lowest BCUT2D eigenvalue weighted by Crippen LogP contribution is -2.23. The van der Waals surface area contributed by atoms with Crippen molar-refractivity contribution < 1.29 is 8.42 Å². The first kappa shape index (κ1) is 14.5. The van der Waals surface area contributed by atoms with Crippen LogP contribution in [0.25, 0.3) is 0 Å². The topological polar surface area (TPSA) is 59.1 Å². The number of nitrogens with zero attached hydrogens (tertiary/aromatic N) is 1. The molecule has 0 bridgehead atoms. The SMILES string of the molecule is O=S(=O)(NCc1ccccn1)c1ccc(Cl)c(Br)c1. The third kappa shape index (κ3) is 3.76. The molecule has 0 saturated heterocycles. The van der Waals surface area contributed by atoms with E-state index < -0.39 is 10.0 Å². The number of pyridine rings is 1. The van der Waals surface area contributed by atoms with E-state index in [4.69, 9.17) is 11.6 Å². The summed E-state index contributed by atoms with van der Waals surface area (Å²) in [6.07, 6.45) is 1.61. The zero-order valence-corrected chi connectivity index (χ0v) is 12.8. The summed E-state index contributed by atoms with van der Waals surface area (Å²) in [6.45, 7) is 0.142. The van der Waals surface area contributed by atoms with E-state index in [9.17, 15) is 8.42 Å². The number of rotatable bonds is 4. The number of nitrogens with one attached hydrogen (secondary N) is 1. The molecule has 100 valence electrons. The number of hydrogen-bond donors (Lipinski definition) is 1. The van der Waals surface area contributed by atoms with Crippen LogP contribution in [0.1, 0.15) is 5.69 Å². The molecule has 4 nitrogen and oxygen atoms in total. The number of halogens is 2. The predicted molar refractivity (Wildman–Crippen MR) is 77.4 cm³/mol. The van der Waals surface area contributed by atoms with Gasteiger partial charge in [-0.2, -0.15) is 0 Å². The van der Waals surface area contributed by atoms with E-state index in [2.05, 4.69) is 25.6 Å². The largest absolute Gasteiger partial charge is 0.260 e. The van der Waals surface area contributed by atoms with E-state index in [1.165, 1.54) is 18.2 Å². The van der Waals surface area contributed by atoms with Gasteiger partial charge in [-0.05, 0) is 46.3 Å². The van der Waals surface area contributed by atoms with Crippen molar-refractivity contribution in [3.63, 3.8) is 0 Å². The first-order valence-corrected chi connectivity index (χ1v) is 7.99. The monoisotopic (exact) mass is 360 g/mol. The Balaban J connectivity index is 2.16. The minimum atomic E-state index is -3.58. The maximum absolute atomic E-state index is 12.1. The van der Waals surface area contributed by atoms with Gasteiger partial charge in [-0.3, -0.25) is 4.98 Å². The second-order valence-corrected chi connectivity index (χ2v) is 6.75. The lowest BCUT2D eigenvalue weighted by Gasteiger charge is -2.07. The second kappa shape index (κ2) is 6.00. The van der Waals surface area contributed by atoms with Crippen molar-refractivity contribution in [3.05, 3.63) is 57.8 Å². The first-order valence-electron chi connectivity index (χ1n) is 5.34. The molecule has 19 heavy (non-hydrogen) atoms. The molecule has 1 N–H and O–H groups in total. The number of aromatic nitrogens is 1. The van der Waals surface area contributed by atoms with Crippen LogP contribution >= 0.6 is 27.5 Å². The Hall–Kier alpha value is -0.950. The van der Waals surface area contributed by atoms with Gasteiger partial charge in [0.25, 0.3) is 0 Å². The van der Waals surface area contributed by atoms with Crippen molar-refractivity contribution in [2.24, 2.45) is 0 Å². The van der Waals surface area contributed by atoms with Crippen LogP contribution in [0.4, 0.5) is 0 Å². The summed E-state index contributed by atoms with van der Waals surface area (Å²) in [5, 5.41) is 0.462. The van der Waals surface area contributed by atoms with Crippen molar-refractivity contribution in [1.29, 1.82) is 0 Å². The Bertz CT molecular complexity index is 677. The highest BCUT2D eigenvalue weighted by Crippen LogP contribution is 2.25. The third-order valence-corrected chi connectivity index (χ3v) is 4.98. The lowest BCUT2D eigenvalue weighted by molar-refractivity contribution is 0.580. The Kier molecular flexibility index (Phi) is 4.57. The van der Waals surface area contributed by atoms with Crippen LogP contribution in [0, 0.1) is 0 Å². The Morgan fingerprint density at radius 2 is 2.05 bits per heavy atom. The number of hydrogen-bond acceptors (Lipinski definition) is 3. The van der Waals surface area contributed by atoms with Gasteiger partial charge in [-0.15, -0.1) is 0 Å². The molecule has 1 aromatic heterocycles. The summed E-state index contributed by atoms with van der Waals surface area (Å²) < 4.78 is 27.2. The van der Waals surface area contributed by atoms with Crippen LogP contribution in [0.2, 0.25) is 5.02 Å². The van der Waals surface area contributed by atoms with Crippen LogP contribution in [0.3, 0.4) is 0 Å². The van der Waals surface area contributed by atoms with E-state index in [-0.39, 0.29) is 11.4 Å². The molecule has 0 amide bonds. The maximum Gasteiger partial charge on any atom is 0.240 e. The molecular formula is C12H10BrClN2O2S. The highest BCUT2D eigenvalue weighted by Gasteiger charge is 2.15. The average molecular weight is 362 g/mol. The molecule has 1 aromatic carbocycles. The summed E-state index contributed by atoms with van der Waals surface area (Å²) in [5.74, 6) is 0. The molecule has 0 aliphatic rings. The van der Waals surface area contributed by atoms with Crippen molar-refractivity contribution >= 4 is 37.6 Å². The zero-order chi connectivity index (χ0) is 13.9. The lowest BCUT2D eigenvalue weighted by atomic mass is 10.4. The fourth-order valence-electron chi connectivity index (χ4n) is 1.40. The van der Waals surface area contributed by atoms with Crippen LogP contribution < -0.4 is 4.72 Å². The summed E-state index contributed by atoms with van der Waals surface area (Å²) in [4.78, 5) is 4.20. The van der Waals surface area contributed by atoms with E-state index in [0.29, 0.717) is 15.2 Å². The van der Waals surface area contributed by atoms with Gasteiger partial charge in [0.05, 0.1) is 22.2 Å². The van der Waals surface area contributed by atoms with Gasteiger partial charge >= 0.3 is 0 Å². The van der Waals surface area contributed by atoms with Gasteiger partial charge in [0.1, 0.15) is 0 Å². The molecule has 0 atom stereocenters. The standard InChI is InChI=1S/C12H10BrClN2O2S/c13-11-7-10(4-5-12(11)14)19(17,18)16-8-9-3-1-2-6-15-9/h1-7,16H,8H2. The van der Waals surface area contributed by atoms with Crippen molar-refractivity contribution in [2.75, 3.05) is 0 Å². The molecule has 2 aromatic rings. The average Bonchev–Trinajstić information content (AvgIpc) is 2.41. The number of sulfonamides is 1. The molecule has 0 spiro atoms. The highest BCUT2D eigenvalue weighted by molar-refractivity contribution is 9.10. The van der Waals surface area contributed by atoms with Gasteiger partial charge in [0.15, 0.2) is 0 Å². The van der Waals surface area contributed by atoms with E-state index in [0.717, 1.165) is 0 Å². The Labute approximate surface area is 125 Å². The Morgan fingerprint density at radius 3 is 2.68 bits per heavy atom. The van der Waals surface area contributed by atoms with Crippen molar-refractivity contribution in [3.8, 4) is 0 Å². The molecular weight excluding hydrogens is 352 g/mol. The minimum Gasteiger partial charge on any atom is -0.260 e. The first-order chi connectivity index (χ1) is 8.99. The van der Waals surface area contributed by atoms with Gasteiger partial charge < -0.3 is 0 Å². The quantitative estimate of drug-likeness (QED) is 0.911. The van der Waals surface area contributed by atoms with Crippen molar-refractivity contribution in [2.45, 2.75) is 11.4 Å². The molecule has 0 saturated carbocycles. The van der Waals surface area contributed by atoms with Crippen LogP contribution in [-0.4, -0.2) is 13.4 Å². The summed E-state index contributed by atoms with van der Waals surface area (Å²) in [6, 6.07) is 9.77.